The van der Waals surface area contributed by atoms with Gasteiger partial charge in [-0.15, -0.1) is 0 Å². The molecule has 0 aliphatic carbocycles. The summed E-state index contributed by atoms with van der Waals surface area (Å²) in [7, 11) is 0. The molecule has 0 radical (unpaired) electrons. The van der Waals surface area contributed by atoms with Gasteiger partial charge in [0, 0.05) is 50.8 Å². The van der Waals surface area contributed by atoms with Crippen molar-refractivity contribution in [2.75, 3.05) is 44.3 Å². The zero-order valence-corrected chi connectivity index (χ0v) is 16.1. The first-order valence-corrected chi connectivity index (χ1v) is 9.40. The average Bonchev–Trinajstić information content (AvgIpc) is 3.04. The minimum absolute atomic E-state index is 0.00510. The predicted octanol–water partition coefficient (Wildman–Crippen LogP) is 3.29. The predicted molar refractivity (Wildman–Crippen MR) is 97.7 cm³/mol. The summed E-state index contributed by atoms with van der Waals surface area (Å²) >= 11 is 0. The molecule has 28 heavy (non-hydrogen) atoms. The van der Waals surface area contributed by atoms with Crippen molar-refractivity contribution in [1.82, 2.24) is 4.90 Å². The summed E-state index contributed by atoms with van der Waals surface area (Å²) in [5.41, 5.74) is -1.14. The van der Waals surface area contributed by atoms with E-state index in [-0.39, 0.29) is 22.8 Å². The van der Waals surface area contributed by atoms with E-state index in [1.165, 1.54) is 13.0 Å². The maximum atomic E-state index is 13.3. The Morgan fingerprint density at radius 2 is 2.14 bits per heavy atom. The highest BCUT2D eigenvalue weighted by Crippen LogP contribution is 2.45. The molecule has 1 amide bonds. The normalized spacial score (nSPS) is 24.8. The quantitative estimate of drug-likeness (QED) is 0.785. The molecule has 2 fully saturated rings. The molecule has 8 heteroatoms. The van der Waals surface area contributed by atoms with Crippen LogP contribution in [0.5, 0.6) is 0 Å². The molecule has 2 saturated heterocycles. The molecule has 0 N–H and O–H groups in total. The fraction of sp³-hybridized carbons (Fsp3) is 0.600. The Balaban J connectivity index is 1.91. The van der Waals surface area contributed by atoms with Crippen LogP contribution < -0.4 is 4.90 Å². The van der Waals surface area contributed by atoms with Crippen LogP contribution in [0.3, 0.4) is 0 Å². The van der Waals surface area contributed by atoms with Gasteiger partial charge in [-0.3, -0.25) is 4.79 Å². The van der Waals surface area contributed by atoms with E-state index in [2.05, 4.69) is 0 Å². The van der Waals surface area contributed by atoms with E-state index in [9.17, 15) is 18.0 Å². The van der Waals surface area contributed by atoms with Gasteiger partial charge < -0.3 is 14.5 Å². The van der Waals surface area contributed by atoms with Crippen molar-refractivity contribution in [3.05, 3.63) is 29.3 Å². The number of rotatable bonds is 4. The first-order valence-electron chi connectivity index (χ1n) is 9.40. The third kappa shape index (κ3) is 3.81. The molecule has 152 valence electrons. The molecule has 3 rings (SSSR count). The molecule has 1 aromatic rings. The SMILES string of the molecule is CCOC[C@]12CN(C(C)=O)CC[C@H]1CN(c1ccc(C#N)c(C(F)(F)F)c1)C2. The monoisotopic (exact) mass is 395 g/mol. The van der Waals surface area contributed by atoms with E-state index < -0.39 is 11.7 Å². The Hall–Kier alpha value is -2.27. The number of nitriles is 1. The van der Waals surface area contributed by atoms with Gasteiger partial charge in [0.25, 0.3) is 0 Å². The number of ether oxygens (including phenoxy) is 1. The topological polar surface area (TPSA) is 56.6 Å². The number of carbonyl (C=O) groups excluding carboxylic acids is 1. The molecule has 5 nitrogen and oxygen atoms in total. The van der Waals surface area contributed by atoms with Crippen LogP contribution in [0.1, 0.15) is 31.4 Å². The molecule has 0 spiro atoms. The van der Waals surface area contributed by atoms with Gasteiger partial charge >= 0.3 is 6.18 Å². The van der Waals surface area contributed by atoms with Gasteiger partial charge in [-0.1, -0.05) is 0 Å². The highest BCUT2D eigenvalue weighted by atomic mass is 19.4. The van der Waals surface area contributed by atoms with Gasteiger partial charge in [-0.05, 0) is 37.5 Å². The molecular formula is C20H24F3N3O2. The lowest BCUT2D eigenvalue weighted by atomic mass is 9.74. The van der Waals surface area contributed by atoms with E-state index in [1.54, 1.807) is 17.0 Å². The van der Waals surface area contributed by atoms with Crippen LogP contribution in [-0.2, 0) is 15.7 Å². The number of hydrogen-bond donors (Lipinski definition) is 0. The van der Waals surface area contributed by atoms with Crippen LogP contribution >= 0.6 is 0 Å². The second kappa shape index (κ2) is 7.63. The molecule has 2 aliphatic rings. The summed E-state index contributed by atoms with van der Waals surface area (Å²) in [4.78, 5) is 15.6. The summed E-state index contributed by atoms with van der Waals surface area (Å²) in [6.07, 6.45) is -3.78. The van der Waals surface area contributed by atoms with Crippen LogP contribution in [0.25, 0.3) is 0 Å². The van der Waals surface area contributed by atoms with Crippen molar-refractivity contribution in [1.29, 1.82) is 5.26 Å². The van der Waals surface area contributed by atoms with Crippen molar-refractivity contribution < 1.29 is 22.7 Å². The van der Waals surface area contributed by atoms with Gasteiger partial charge in [0.1, 0.15) is 0 Å². The lowest BCUT2D eigenvalue weighted by Crippen LogP contribution is -2.52. The Kier molecular flexibility index (Phi) is 5.57. The number of halogens is 3. The Morgan fingerprint density at radius 1 is 1.39 bits per heavy atom. The average molecular weight is 395 g/mol. The Morgan fingerprint density at radius 3 is 2.75 bits per heavy atom. The number of amides is 1. The molecule has 0 unspecified atom stereocenters. The number of alkyl halides is 3. The number of likely N-dealkylation sites (tertiary alicyclic amines) is 1. The first-order chi connectivity index (χ1) is 13.2. The van der Waals surface area contributed by atoms with Crippen LogP contribution in [-0.4, -0.2) is 50.2 Å². The van der Waals surface area contributed by atoms with Crippen molar-refractivity contribution in [3.8, 4) is 6.07 Å². The number of anilines is 1. The van der Waals surface area contributed by atoms with Gasteiger partial charge in [0.2, 0.25) is 5.91 Å². The third-order valence-electron chi connectivity index (χ3n) is 5.90. The molecule has 2 heterocycles. The standard InChI is InChI=1S/C20H24F3N3O2/c1-3-28-13-19-11-25(14(2)27)7-6-16(19)10-26(12-19)17-5-4-15(9-24)18(8-17)20(21,22)23/h4-5,8,16H,3,6-7,10-13H2,1-2H3/t16-,19+/m0/s1. The van der Waals surface area contributed by atoms with Gasteiger partial charge in [0.15, 0.2) is 0 Å². The number of nitrogens with zero attached hydrogens (tertiary/aromatic N) is 3. The largest absolute Gasteiger partial charge is 0.417 e. The molecule has 2 aliphatic heterocycles. The number of benzene rings is 1. The molecule has 2 atom stereocenters. The van der Waals surface area contributed by atoms with Gasteiger partial charge in [-0.25, -0.2) is 0 Å². The van der Waals surface area contributed by atoms with Crippen molar-refractivity contribution in [2.24, 2.45) is 11.3 Å². The maximum Gasteiger partial charge on any atom is 0.417 e. The highest BCUT2D eigenvalue weighted by Gasteiger charge is 2.50. The summed E-state index contributed by atoms with van der Waals surface area (Å²) in [6.45, 7) is 6.79. The Bertz CT molecular complexity index is 790. The fourth-order valence-corrected chi connectivity index (χ4v) is 4.42. The number of piperidine rings is 1. The molecule has 1 aromatic carbocycles. The van der Waals surface area contributed by atoms with Crippen molar-refractivity contribution in [3.63, 3.8) is 0 Å². The van der Waals surface area contributed by atoms with Crippen LogP contribution in [0.2, 0.25) is 0 Å². The van der Waals surface area contributed by atoms with Crippen molar-refractivity contribution >= 4 is 11.6 Å². The summed E-state index contributed by atoms with van der Waals surface area (Å²) in [5.74, 6) is 0.241. The number of fused-ring (bicyclic) bond motifs is 1. The van der Waals surface area contributed by atoms with Crippen molar-refractivity contribution in [2.45, 2.75) is 26.4 Å². The number of hydrogen-bond acceptors (Lipinski definition) is 4. The second-order valence-electron chi connectivity index (χ2n) is 7.65. The van der Waals surface area contributed by atoms with Crippen LogP contribution in [0.15, 0.2) is 18.2 Å². The van der Waals surface area contributed by atoms with Crippen LogP contribution in [0, 0.1) is 22.7 Å². The summed E-state index contributed by atoms with van der Waals surface area (Å²) in [6, 6.07) is 5.49. The minimum Gasteiger partial charge on any atom is -0.381 e. The zero-order valence-electron chi connectivity index (χ0n) is 16.1. The van der Waals surface area contributed by atoms with Gasteiger partial charge in [0.05, 0.1) is 23.8 Å². The zero-order chi connectivity index (χ0) is 20.5. The van der Waals surface area contributed by atoms with E-state index in [4.69, 9.17) is 10.00 Å². The summed E-state index contributed by atoms with van der Waals surface area (Å²) in [5, 5.41) is 9.01. The van der Waals surface area contributed by atoms with E-state index in [1.807, 2.05) is 11.8 Å². The fourth-order valence-electron chi connectivity index (χ4n) is 4.42. The van der Waals surface area contributed by atoms with E-state index in [0.29, 0.717) is 45.1 Å². The lowest BCUT2D eigenvalue weighted by Gasteiger charge is -2.43. The maximum absolute atomic E-state index is 13.3. The second-order valence-corrected chi connectivity index (χ2v) is 7.65. The highest BCUT2D eigenvalue weighted by molar-refractivity contribution is 5.73. The Labute approximate surface area is 162 Å². The van der Waals surface area contributed by atoms with E-state index >= 15 is 0 Å². The van der Waals surface area contributed by atoms with Gasteiger partial charge in [-0.2, -0.15) is 18.4 Å². The smallest absolute Gasteiger partial charge is 0.381 e. The molecule has 0 bridgehead atoms. The minimum atomic E-state index is -4.58. The van der Waals surface area contributed by atoms with E-state index in [0.717, 1.165) is 12.5 Å². The molecule has 0 saturated carbocycles. The molecule has 0 aromatic heterocycles. The third-order valence-corrected chi connectivity index (χ3v) is 5.90. The van der Waals surface area contributed by atoms with Crippen LogP contribution in [0.4, 0.5) is 18.9 Å². The molecular weight excluding hydrogens is 371 g/mol. The first kappa shape index (κ1) is 20.5. The summed E-state index contributed by atoms with van der Waals surface area (Å²) < 4.78 is 45.8. The number of carbonyl (C=O) groups is 1. The lowest BCUT2D eigenvalue weighted by molar-refractivity contribution is -0.138.